The zero-order chi connectivity index (χ0) is 14.4. The van der Waals surface area contributed by atoms with E-state index >= 15 is 0 Å². The molecule has 2 aromatic rings. The fourth-order valence-corrected chi connectivity index (χ4v) is 3.52. The van der Waals surface area contributed by atoms with Crippen molar-refractivity contribution in [2.45, 2.75) is 12.5 Å². The van der Waals surface area contributed by atoms with Crippen molar-refractivity contribution in [3.8, 4) is 0 Å². The van der Waals surface area contributed by atoms with E-state index in [1.807, 2.05) is 11.0 Å². The predicted molar refractivity (Wildman–Crippen MR) is 78.2 cm³/mol. The van der Waals surface area contributed by atoms with E-state index in [1.54, 1.807) is 18.2 Å². The summed E-state index contributed by atoms with van der Waals surface area (Å²) in [5.41, 5.74) is 0.0849. The maximum atomic E-state index is 12.8. The number of hydrogen-bond acceptors (Lipinski definition) is 4. The summed E-state index contributed by atoms with van der Waals surface area (Å²) in [5.74, 6) is 0.460. The summed E-state index contributed by atoms with van der Waals surface area (Å²) in [6.45, 7) is 2.59. The van der Waals surface area contributed by atoms with Crippen LogP contribution in [0.1, 0.15) is 16.9 Å². The molecule has 0 bridgehead atoms. The highest BCUT2D eigenvalue weighted by Crippen LogP contribution is 2.29. The van der Waals surface area contributed by atoms with Gasteiger partial charge in [-0.05, 0) is 18.4 Å². The molecule has 2 aliphatic rings. The number of aromatic nitrogens is 2. The summed E-state index contributed by atoms with van der Waals surface area (Å²) >= 11 is 0. The lowest BCUT2D eigenvalue weighted by molar-refractivity contribution is 0.0732. The molecule has 1 aromatic carbocycles. The lowest BCUT2D eigenvalue weighted by Crippen LogP contribution is -2.39. The Bertz CT molecular complexity index is 770. The molecule has 6 nitrogen and oxygen atoms in total. The molecule has 2 fully saturated rings. The van der Waals surface area contributed by atoms with Crippen LogP contribution in [-0.2, 0) is 0 Å². The first-order valence-electron chi connectivity index (χ1n) is 7.25. The van der Waals surface area contributed by atoms with Gasteiger partial charge in [0.05, 0.1) is 5.39 Å². The number of benzene rings is 1. The van der Waals surface area contributed by atoms with Crippen LogP contribution < -0.4 is 10.9 Å². The van der Waals surface area contributed by atoms with Crippen LogP contribution in [0.25, 0.3) is 10.8 Å². The average molecular weight is 284 g/mol. The lowest BCUT2D eigenvalue weighted by Gasteiger charge is -2.23. The summed E-state index contributed by atoms with van der Waals surface area (Å²) in [4.78, 5) is 26.5. The molecular weight excluding hydrogens is 268 g/mol. The fraction of sp³-hybridized carbons (Fsp3) is 0.400. The van der Waals surface area contributed by atoms with Crippen molar-refractivity contribution in [3.63, 3.8) is 0 Å². The zero-order valence-corrected chi connectivity index (χ0v) is 11.5. The van der Waals surface area contributed by atoms with Crippen LogP contribution in [-0.4, -0.2) is 46.7 Å². The Balaban J connectivity index is 1.78. The van der Waals surface area contributed by atoms with Gasteiger partial charge in [-0.15, -0.1) is 0 Å². The number of fused-ring (bicyclic) bond motifs is 2. The molecule has 4 rings (SSSR count). The van der Waals surface area contributed by atoms with Gasteiger partial charge in [-0.1, -0.05) is 18.2 Å². The number of rotatable bonds is 1. The number of aromatic amines is 1. The van der Waals surface area contributed by atoms with Gasteiger partial charge >= 0.3 is 0 Å². The third-order valence-corrected chi connectivity index (χ3v) is 4.60. The summed E-state index contributed by atoms with van der Waals surface area (Å²) in [6, 6.07) is 7.37. The first-order chi connectivity index (χ1) is 10.3. The molecule has 108 valence electrons. The first kappa shape index (κ1) is 12.5. The molecule has 2 N–H and O–H groups in total. The highest BCUT2D eigenvalue weighted by Gasteiger charge is 2.40. The molecule has 6 heteroatoms. The molecule has 0 spiro atoms. The van der Waals surface area contributed by atoms with Crippen LogP contribution in [0.15, 0.2) is 29.1 Å². The Kier molecular flexibility index (Phi) is 2.78. The second-order valence-electron chi connectivity index (χ2n) is 5.72. The van der Waals surface area contributed by atoms with Gasteiger partial charge in [0.25, 0.3) is 11.5 Å². The normalized spacial score (nSPS) is 24.5. The summed E-state index contributed by atoms with van der Waals surface area (Å²) in [5, 5.41) is 10.9. The van der Waals surface area contributed by atoms with E-state index < -0.39 is 0 Å². The molecule has 1 aromatic heterocycles. The van der Waals surface area contributed by atoms with Crippen LogP contribution in [0.5, 0.6) is 0 Å². The topological polar surface area (TPSA) is 78.1 Å². The average Bonchev–Trinajstić information content (AvgIpc) is 3.10. The fourth-order valence-electron chi connectivity index (χ4n) is 3.52. The highest BCUT2D eigenvalue weighted by molar-refractivity contribution is 6.04. The van der Waals surface area contributed by atoms with Crippen LogP contribution >= 0.6 is 0 Å². The largest absolute Gasteiger partial charge is 0.333 e. The zero-order valence-electron chi connectivity index (χ0n) is 11.5. The van der Waals surface area contributed by atoms with Crippen molar-refractivity contribution in [3.05, 3.63) is 40.3 Å². The Morgan fingerprint density at radius 3 is 2.90 bits per heavy atom. The van der Waals surface area contributed by atoms with Crippen molar-refractivity contribution in [1.29, 1.82) is 0 Å². The van der Waals surface area contributed by atoms with E-state index in [1.165, 1.54) is 0 Å². The second kappa shape index (κ2) is 4.66. The number of carbonyl (C=O) groups excluding carboxylic acids is 1. The van der Waals surface area contributed by atoms with Crippen molar-refractivity contribution >= 4 is 16.7 Å². The number of amides is 1. The van der Waals surface area contributed by atoms with Gasteiger partial charge in [0, 0.05) is 31.1 Å². The molecule has 0 radical (unpaired) electrons. The third-order valence-electron chi connectivity index (χ3n) is 4.60. The van der Waals surface area contributed by atoms with Crippen molar-refractivity contribution in [1.82, 2.24) is 20.4 Å². The molecule has 0 unspecified atom stereocenters. The van der Waals surface area contributed by atoms with E-state index in [2.05, 4.69) is 15.5 Å². The quantitative estimate of drug-likeness (QED) is 0.792. The van der Waals surface area contributed by atoms with Gasteiger partial charge in [0.1, 0.15) is 0 Å². The molecule has 1 amide bonds. The Labute approximate surface area is 121 Å². The minimum Gasteiger partial charge on any atom is -0.333 e. The van der Waals surface area contributed by atoms with Crippen LogP contribution in [0.4, 0.5) is 0 Å². The Hall–Kier alpha value is -2.21. The smallest absolute Gasteiger partial charge is 0.275 e. The van der Waals surface area contributed by atoms with Gasteiger partial charge < -0.3 is 10.2 Å². The molecule has 2 saturated heterocycles. The molecule has 2 atom stereocenters. The lowest BCUT2D eigenvalue weighted by atomic mass is 10.0. The van der Waals surface area contributed by atoms with Crippen molar-refractivity contribution in [2.24, 2.45) is 5.92 Å². The number of nitrogens with one attached hydrogen (secondary N) is 2. The van der Waals surface area contributed by atoms with E-state index in [-0.39, 0.29) is 17.5 Å². The first-order valence-corrected chi connectivity index (χ1v) is 7.25. The van der Waals surface area contributed by atoms with Crippen LogP contribution in [0.3, 0.4) is 0 Å². The number of carbonyl (C=O) groups is 1. The minimum atomic E-state index is -0.260. The van der Waals surface area contributed by atoms with Gasteiger partial charge in [0.15, 0.2) is 5.69 Å². The third kappa shape index (κ3) is 1.86. The Morgan fingerprint density at radius 1 is 1.24 bits per heavy atom. The predicted octanol–water partition coefficient (Wildman–Crippen LogP) is 0.357. The minimum absolute atomic E-state index is 0.0846. The number of likely N-dealkylation sites (tertiary alicyclic amines) is 1. The maximum absolute atomic E-state index is 12.8. The van der Waals surface area contributed by atoms with Gasteiger partial charge in [-0.3, -0.25) is 9.59 Å². The summed E-state index contributed by atoms with van der Waals surface area (Å²) < 4.78 is 0. The van der Waals surface area contributed by atoms with Crippen LogP contribution in [0, 0.1) is 5.92 Å². The number of nitrogens with zero attached hydrogens (tertiary/aromatic N) is 2. The van der Waals surface area contributed by atoms with Gasteiger partial charge in [-0.2, -0.15) is 5.10 Å². The Morgan fingerprint density at radius 2 is 2.05 bits per heavy atom. The van der Waals surface area contributed by atoms with E-state index in [0.717, 1.165) is 26.1 Å². The molecule has 21 heavy (non-hydrogen) atoms. The maximum Gasteiger partial charge on any atom is 0.275 e. The standard InChI is InChI=1S/C15H16N4O2/c20-14-11-4-2-1-3-10(11)13(17-18-14)15(21)19-6-5-9-7-16-8-12(9)19/h1-4,9,12,16H,5-8H2,(H,18,20)/t9-,12+/m0/s1. The molecule has 0 saturated carbocycles. The molecule has 0 aliphatic carbocycles. The van der Waals surface area contributed by atoms with Gasteiger partial charge in [-0.25, -0.2) is 5.10 Å². The second-order valence-corrected chi connectivity index (χ2v) is 5.72. The van der Waals surface area contributed by atoms with Crippen molar-refractivity contribution < 1.29 is 4.79 Å². The van der Waals surface area contributed by atoms with E-state index in [0.29, 0.717) is 22.4 Å². The summed E-state index contributed by atoms with van der Waals surface area (Å²) in [7, 11) is 0. The van der Waals surface area contributed by atoms with Crippen molar-refractivity contribution in [2.75, 3.05) is 19.6 Å². The monoisotopic (exact) mass is 284 g/mol. The van der Waals surface area contributed by atoms with E-state index in [9.17, 15) is 9.59 Å². The highest BCUT2D eigenvalue weighted by atomic mass is 16.2. The number of hydrogen-bond donors (Lipinski definition) is 2. The van der Waals surface area contributed by atoms with E-state index in [4.69, 9.17) is 0 Å². The van der Waals surface area contributed by atoms with Crippen LogP contribution in [0.2, 0.25) is 0 Å². The summed E-state index contributed by atoms with van der Waals surface area (Å²) in [6.07, 6.45) is 1.03. The number of H-pyrrole nitrogens is 1. The SMILES string of the molecule is O=C(c1n[nH]c(=O)c2ccccc12)N1CC[C@H]2CNC[C@H]21. The molecular formula is C15H16N4O2. The molecule has 2 aliphatic heterocycles. The van der Waals surface area contributed by atoms with Gasteiger partial charge in [0.2, 0.25) is 0 Å². The molecule has 3 heterocycles.